The van der Waals surface area contributed by atoms with Crippen molar-refractivity contribution >= 4 is 6.29 Å². The van der Waals surface area contributed by atoms with Crippen LogP contribution < -0.4 is 0 Å². The second-order valence-corrected chi connectivity index (χ2v) is 2.32. The average Bonchev–Trinajstić information content (AvgIpc) is 2.03. The summed E-state index contributed by atoms with van der Waals surface area (Å²) in [5.41, 5.74) is 0.0767. The minimum absolute atomic E-state index is 0.00694. The fourth-order valence-electron chi connectivity index (χ4n) is 0.941. The summed E-state index contributed by atoms with van der Waals surface area (Å²) < 4.78 is 24.4. The zero-order chi connectivity index (χ0) is 9.14. The Bertz CT molecular complexity index is 299. The molecule has 0 aliphatic heterocycles. The highest BCUT2D eigenvalue weighted by Crippen LogP contribution is 2.22. The number of carbonyl (C=O) groups is 1. The monoisotopic (exact) mass is 171 g/mol. The molecule has 1 aromatic rings. The summed E-state index contributed by atoms with van der Waals surface area (Å²) in [7, 11) is 0. The van der Waals surface area contributed by atoms with Gasteiger partial charge in [0.15, 0.2) is 6.29 Å². The number of hydrogen-bond acceptors (Lipinski definition) is 2. The Morgan fingerprint density at radius 2 is 2.25 bits per heavy atom. The van der Waals surface area contributed by atoms with Crippen LogP contribution in [-0.4, -0.2) is 11.3 Å². The lowest BCUT2D eigenvalue weighted by Gasteiger charge is -2.04. The number of rotatable bonds is 2. The maximum atomic E-state index is 12.2. The fraction of sp³-hybridized carbons (Fsp3) is 0.250. The third-order valence-electron chi connectivity index (χ3n) is 1.58. The molecule has 1 rings (SSSR count). The van der Waals surface area contributed by atoms with Gasteiger partial charge in [-0.25, -0.2) is 8.78 Å². The highest BCUT2D eigenvalue weighted by atomic mass is 19.3. The number of halogens is 2. The van der Waals surface area contributed by atoms with Crippen LogP contribution in [-0.2, 0) is 0 Å². The second kappa shape index (κ2) is 3.38. The van der Waals surface area contributed by atoms with Gasteiger partial charge in [0.25, 0.3) is 6.43 Å². The van der Waals surface area contributed by atoms with Crippen LogP contribution in [0.3, 0.4) is 0 Å². The smallest absolute Gasteiger partial charge is 0.264 e. The van der Waals surface area contributed by atoms with E-state index in [9.17, 15) is 13.6 Å². The van der Waals surface area contributed by atoms with Gasteiger partial charge in [0, 0.05) is 23.0 Å². The van der Waals surface area contributed by atoms with Crippen LogP contribution in [0.2, 0.25) is 0 Å². The first-order valence-corrected chi connectivity index (χ1v) is 3.35. The van der Waals surface area contributed by atoms with E-state index in [0.29, 0.717) is 12.0 Å². The van der Waals surface area contributed by atoms with Crippen LogP contribution in [0.15, 0.2) is 12.3 Å². The Hall–Kier alpha value is -1.32. The molecule has 0 saturated carbocycles. The van der Waals surface area contributed by atoms with Crippen molar-refractivity contribution in [1.82, 2.24) is 4.98 Å². The molecular formula is C8H7F2NO. The fourth-order valence-corrected chi connectivity index (χ4v) is 0.941. The molecule has 0 fully saturated rings. The molecule has 12 heavy (non-hydrogen) atoms. The SMILES string of the molecule is Cc1nccc(C(F)F)c1C=O. The molecular weight excluding hydrogens is 164 g/mol. The van der Waals surface area contributed by atoms with Gasteiger partial charge >= 0.3 is 0 Å². The molecule has 0 N–H and O–H groups in total. The summed E-state index contributed by atoms with van der Waals surface area (Å²) in [5.74, 6) is 0. The predicted octanol–water partition coefficient (Wildman–Crippen LogP) is 2.14. The number of nitrogens with zero attached hydrogens (tertiary/aromatic N) is 1. The van der Waals surface area contributed by atoms with E-state index >= 15 is 0 Å². The molecule has 0 unspecified atom stereocenters. The molecule has 0 bridgehead atoms. The lowest BCUT2D eigenvalue weighted by atomic mass is 10.1. The van der Waals surface area contributed by atoms with Crippen LogP contribution in [0.4, 0.5) is 8.78 Å². The number of aryl methyl sites for hydroxylation is 1. The summed E-state index contributed by atoms with van der Waals surface area (Å²) in [4.78, 5) is 14.1. The van der Waals surface area contributed by atoms with E-state index in [1.807, 2.05) is 0 Å². The predicted molar refractivity (Wildman–Crippen MR) is 39.3 cm³/mol. The molecule has 0 spiro atoms. The largest absolute Gasteiger partial charge is 0.298 e. The number of aromatic nitrogens is 1. The van der Waals surface area contributed by atoms with Gasteiger partial charge in [-0.15, -0.1) is 0 Å². The molecule has 1 aromatic heterocycles. The first-order valence-electron chi connectivity index (χ1n) is 3.35. The van der Waals surface area contributed by atoms with Gasteiger partial charge in [-0.05, 0) is 13.0 Å². The van der Waals surface area contributed by atoms with Crippen LogP contribution in [0.5, 0.6) is 0 Å². The highest BCUT2D eigenvalue weighted by molar-refractivity contribution is 5.78. The molecule has 0 amide bonds. The van der Waals surface area contributed by atoms with E-state index in [0.717, 1.165) is 6.07 Å². The number of aldehydes is 1. The summed E-state index contributed by atoms with van der Waals surface area (Å²) in [5, 5.41) is 0. The minimum Gasteiger partial charge on any atom is -0.298 e. The van der Waals surface area contributed by atoms with Crippen LogP contribution in [0.25, 0.3) is 0 Å². The molecule has 0 saturated heterocycles. The molecule has 1 heterocycles. The van der Waals surface area contributed by atoms with E-state index in [1.165, 1.54) is 13.1 Å². The van der Waals surface area contributed by atoms with Crippen molar-refractivity contribution in [3.05, 3.63) is 29.1 Å². The molecule has 0 aromatic carbocycles. The van der Waals surface area contributed by atoms with E-state index < -0.39 is 6.43 Å². The maximum Gasteiger partial charge on any atom is 0.264 e. The molecule has 4 heteroatoms. The van der Waals surface area contributed by atoms with Gasteiger partial charge in [0.2, 0.25) is 0 Å². The van der Waals surface area contributed by atoms with Crippen molar-refractivity contribution in [2.45, 2.75) is 13.3 Å². The van der Waals surface area contributed by atoms with Gasteiger partial charge in [0.05, 0.1) is 0 Å². The molecule has 0 atom stereocenters. The quantitative estimate of drug-likeness (QED) is 0.638. The van der Waals surface area contributed by atoms with Crippen LogP contribution in [0.1, 0.15) is 28.0 Å². The Morgan fingerprint density at radius 3 is 2.67 bits per heavy atom. The molecule has 0 aliphatic carbocycles. The Labute approximate surface area is 68.2 Å². The van der Waals surface area contributed by atoms with Crippen molar-refractivity contribution in [3.63, 3.8) is 0 Å². The minimum atomic E-state index is -2.62. The van der Waals surface area contributed by atoms with E-state index in [4.69, 9.17) is 0 Å². The first-order chi connectivity index (χ1) is 5.66. The Balaban J connectivity index is 3.27. The maximum absolute atomic E-state index is 12.2. The number of hydrogen-bond donors (Lipinski definition) is 0. The molecule has 0 radical (unpaired) electrons. The third-order valence-corrected chi connectivity index (χ3v) is 1.58. The normalized spacial score (nSPS) is 10.3. The molecule has 2 nitrogen and oxygen atoms in total. The van der Waals surface area contributed by atoms with Crippen LogP contribution >= 0.6 is 0 Å². The standard InChI is InChI=1S/C8H7F2NO/c1-5-7(4-12)6(8(9)10)2-3-11-5/h2-4,8H,1H3. The van der Waals surface area contributed by atoms with E-state index in [1.54, 1.807) is 0 Å². The lowest BCUT2D eigenvalue weighted by molar-refractivity contribution is 0.110. The number of pyridine rings is 1. The Kier molecular flexibility index (Phi) is 2.47. The molecule has 0 aliphatic rings. The summed E-state index contributed by atoms with van der Waals surface area (Å²) in [6, 6.07) is 1.15. The summed E-state index contributed by atoms with van der Waals surface area (Å²) in [6.45, 7) is 1.52. The van der Waals surface area contributed by atoms with Crippen molar-refractivity contribution in [3.8, 4) is 0 Å². The van der Waals surface area contributed by atoms with Crippen molar-refractivity contribution in [2.75, 3.05) is 0 Å². The van der Waals surface area contributed by atoms with Gasteiger partial charge in [0.1, 0.15) is 0 Å². The van der Waals surface area contributed by atoms with Crippen LogP contribution in [0, 0.1) is 6.92 Å². The zero-order valence-corrected chi connectivity index (χ0v) is 6.42. The summed E-state index contributed by atoms with van der Waals surface area (Å²) >= 11 is 0. The van der Waals surface area contributed by atoms with Gasteiger partial charge in [-0.2, -0.15) is 0 Å². The zero-order valence-electron chi connectivity index (χ0n) is 6.42. The summed E-state index contributed by atoms with van der Waals surface area (Å²) in [6.07, 6.45) is -0.944. The van der Waals surface area contributed by atoms with Crippen molar-refractivity contribution in [1.29, 1.82) is 0 Å². The second-order valence-electron chi connectivity index (χ2n) is 2.32. The van der Waals surface area contributed by atoms with Crippen molar-refractivity contribution in [2.24, 2.45) is 0 Å². The topological polar surface area (TPSA) is 30.0 Å². The van der Waals surface area contributed by atoms with Gasteiger partial charge < -0.3 is 0 Å². The third kappa shape index (κ3) is 1.47. The lowest BCUT2D eigenvalue weighted by Crippen LogP contribution is -1.98. The first kappa shape index (κ1) is 8.77. The highest BCUT2D eigenvalue weighted by Gasteiger charge is 2.13. The van der Waals surface area contributed by atoms with Gasteiger partial charge in [-0.3, -0.25) is 9.78 Å². The number of alkyl halides is 2. The number of carbonyl (C=O) groups excluding carboxylic acids is 1. The van der Waals surface area contributed by atoms with Gasteiger partial charge in [-0.1, -0.05) is 0 Å². The van der Waals surface area contributed by atoms with E-state index in [-0.39, 0.29) is 11.1 Å². The molecule has 64 valence electrons. The Morgan fingerprint density at radius 1 is 1.58 bits per heavy atom. The average molecular weight is 171 g/mol. The van der Waals surface area contributed by atoms with E-state index in [2.05, 4.69) is 4.98 Å². The van der Waals surface area contributed by atoms with Crippen molar-refractivity contribution < 1.29 is 13.6 Å².